The fraction of sp³-hybridized carbons (Fsp3) is 0.900. The Morgan fingerprint density at radius 1 is 1.53 bits per heavy atom. The Labute approximate surface area is 87.4 Å². The summed E-state index contributed by atoms with van der Waals surface area (Å²) in [5, 5.41) is 0. The Kier molecular flexibility index (Phi) is 2.45. The number of nitrogens with zero attached hydrogens (tertiary/aromatic N) is 1. The molecule has 1 aliphatic carbocycles. The molecule has 2 rings (SSSR count). The van der Waals surface area contributed by atoms with Crippen LogP contribution in [0.2, 0.25) is 0 Å². The van der Waals surface area contributed by atoms with Gasteiger partial charge in [-0.2, -0.15) is 0 Å². The molecule has 2 atom stereocenters. The SMILES string of the molecule is CCOC1CN(C(=O)[C@H]2[C@H](C)C2(F)F)C1. The van der Waals surface area contributed by atoms with E-state index in [0.717, 1.165) is 0 Å². The van der Waals surface area contributed by atoms with Crippen molar-refractivity contribution in [1.29, 1.82) is 0 Å². The van der Waals surface area contributed by atoms with Crippen molar-refractivity contribution in [1.82, 2.24) is 4.90 Å². The molecule has 3 nitrogen and oxygen atoms in total. The summed E-state index contributed by atoms with van der Waals surface area (Å²) in [6.45, 7) is 4.82. The molecule has 1 aliphatic heterocycles. The number of carbonyl (C=O) groups is 1. The lowest BCUT2D eigenvalue weighted by molar-refractivity contribution is -0.148. The maximum Gasteiger partial charge on any atom is 0.263 e. The molecule has 2 fully saturated rings. The molecule has 0 aromatic carbocycles. The van der Waals surface area contributed by atoms with E-state index in [4.69, 9.17) is 4.74 Å². The van der Waals surface area contributed by atoms with Crippen molar-refractivity contribution in [2.75, 3.05) is 19.7 Å². The van der Waals surface area contributed by atoms with Crippen molar-refractivity contribution < 1.29 is 18.3 Å². The summed E-state index contributed by atoms with van der Waals surface area (Å²) < 4.78 is 31.1. The Balaban J connectivity index is 1.81. The molecule has 2 aliphatic rings. The van der Waals surface area contributed by atoms with Crippen molar-refractivity contribution in [2.45, 2.75) is 25.9 Å². The van der Waals surface area contributed by atoms with E-state index < -0.39 is 23.7 Å². The lowest BCUT2D eigenvalue weighted by atomic mass is 10.1. The van der Waals surface area contributed by atoms with Crippen LogP contribution >= 0.6 is 0 Å². The van der Waals surface area contributed by atoms with E-state index in [2.05, 4.69) is 0 Å². The monoisotopic (exact) mass is 219 g/mol. The molecule has 0 N–H and O–H groups in total. The molecule has 0 aromatic heterocycles. The molecule has 86 valence electrons. The second-order valence-electron chi connectivity index (χ2n) is 4.26. The molecular formula is C10H15F2NO2. The van der Waals surface area contributed by atoms with E-state index in [9.17, 15) is 13.6 Å². The third kappa shape index (κ3) is 1.62. The molecule has 0 radical (unpaired) electrons. The number of amides is 1. The number of alkyl halides is 2. The standard InChI is InChI=1S/C10H15F2NO2/c1-3-15-7-4-13(5-7)9(14)8-6(2)10(8,11)12/h6-8H,3-5H2,1-2H3/t6-,8+/m0/s1. The fourth-order valence-corrected chi connectivity index (χ4v) is 2.01. The third-order valence-electron chi connectivity index (χ3n) is 3.24. The van der Waals surface area contributed by atoms with Crippen LogP contribution < -0.4 is 0 Å². The highest BCUT2D eigenvalue weighted by Gasteiger charge is 2.70. The minimum absolute atomic E-state index is 0.0432. The predicted molar refractivity (Wildman–Crippen MR) is 49.6 cm³/mol. The van der Waals surface area contributed by atoms with Gasteiger partial charge in [-0.05, 0) is 6.92 Å². The van der Waals surface area contributed by atoms with E-state index in [1.54, 1.807) is 0 Å². The molecule has 5 heteroatoms. The Hall–Kier alpha value is -0.710. The molecule has 0 spiro atoms. The zero-order chi connectivity index (χ0) is 11.2. The Bertz CT molecular complexity index is 277. The zero-order valence-corrected chi connectivity index (χ0v) is 8.87. The van der Waals surface area contributed by atoms with Crippen LogP contribution in [-0.2, 0) is 9.53 Å². The summed E-state index contributed by atoms with van der Waals surface area (Å²) in [5.41, 5.74) is 0. The van der Waals surface area contributed by atoms with Gasteiger partial charge in [-0.3, -0.25) is 4.79 Å². The molecule has 15 heavy (non-hydrogen) atoms. The molecule has 1 saturated carbocycles. The Morgan fingerprint density at radius 2 is 2.07 bits per heavy atom. The van der Waals surface area contributed by atoms with E-state index in [1.807, 2.05) is 6.92 Å². The summed E-state index contributed by atoms with van der Waals surface area (Å²) in [6.07, 6.45) is 0.0432. The maximum atomic E-state index is 12.9. The van der Waals surface area contributed by atoms with E-state index >= 15 is 0 Å². The van der Waals surface area contributed by atoms with Crippen LogP contribution in [0, 0.1) is 11.8 Å². The zero-order valence-electron chi connectivity index (χ0n) is 8.87. The topological polar surface area (TPSA) is 29.5 Å². The first kappa shape index (κ1) is 10.8. The second-order valence-corrected chi connectivity index (χ2v) is 4.26. The molecule has 0 unspecified atom stereocenters. The van der Waals surface area contributed by atoms with Crippen LogP contribution in [0.1, 0.15) is 13.8 Å². The van der Waals surface area contributed by atoms with E-state index in [0.29, 0.717) is 19.7 Å². The smallest absolute Gasteiger partial charge is 0.263 e. The van der Waals surface area contributed by atoms with Gasteiger partial charge in [0.1, 0.15) is 5.92 Å². The quantitative estimate of drug-likeness (QED) is 0.712. The molecule has 1 heterocycles. The highest BCUT2D eigenvalue weighted by molar-refractivity contribution is 5.84. The second kappa shape index (κ2) is 3.40. The summed E-state index contributed by atoms with van der Waals surface area (Å²) in [6, 6.07) is 0. The summed E-state index contributed by atoms with van der Waals surface area (Å²) in [4.78, 5) is 13.0. The first-order valence-electron chi connectivity index (χ1n) is 5.26. The van der Waals surface area contributed by atoms with Crippen LogP contribution in [-0.4, -0.2) is 42.5 Å². The number of carbonyl (C=O) groups excluding carboxylic acids is 1. The van der Waals surface area contributed by atoms with Gasteiger partial charge in [0.2, 0.25) is 5.91 Å². The van der Waals surface area contributed by atoms with Crippen molar-refractivity contribution in [2.24, 2.45) is 11.8 Å². The van der Waals surface area contributed by atoms with Crippen LogP contribution in [0.3, 0.4) is 0 Å². The number of hydrogen-bond donors (Lipinski definition) is 0. The molecule has 1 amide bonds. The van der Waals surface area contributed by atoms with Crippen LogP contribution in [0.4, 0.5) is 8.78 Å². The van der Waals surface area contributed by atoms with Crippen molar-refractivity contribution in [3.8, 4) is 0 Å². The number of halogens is 2. The molecule has 0 bridgehead atoms. The van der Waals surface area contributed by atoms with Gasteiger partial charge in [0.05, 0.1) is 6.10 Å². The van der Waals surface area contributed by atoms with Crippen molar-refractivity contribution >= 4 is 5.91 Å². The summed E-state index contributed by atoms with van der Waals surface area (Å²) in [7, 11) is 0. The maximum absolute atomic E-state index is 12.9. The van der Waals surface area contributed by atoms with Gasteiger partial charge in [-0.25, -0.2) is 8.78 Å². The lowest BCUT2D eigenvalue weighted by Crippen LogP contribution is -2.55. The largest absolute Gasteiger partial charge is 0.375 e. The van der Waals surface area contributed by atoms with Gasteiger partial charge in [0, 0.05) is 25.6 Å². The molecule has 0 aromatic rings. The van der Waals surface area contributed by atoms with E-state index in [-0.39, 0.29) is 6.10 Å². The van der Waals surface area contributed by atoms with Gasteiger partial charge in [0.25, 0.3) is 5.92 Å². The first-order valence-corrected chi connectivity index (χ1v) is 5.26. The molecule has 1 saturated heterocycles. The van der Waals surface area contributed by atoms with Crippen molar-refractivity contribution in [3.63, 3.8) is 0 Å². The van der Waals surface area contributed by atoms with Crippen LogP contribution in [0.15, 0.2) is 0 Å². The number of rotatable bonds is 3. The van der Waals surface area contributed by atoms with E-state index in [1.165, 1.54) is 11.8 Å². The normalized spacial score (nSPS) is 33.7. The Morgan fingerprint density at radius 3 is 2.47 bits per heavy atom. The van der Waals surface area contributed by atoms with Crippen LogP contribution in [0.25, 0.3) is 0 Å². The van der Waals surface area contributed by atoms with Gasteiger partial charge in [0.15, 0.2) is 0 Å². The fourth-order valence-electron chi connectivity index (χ4n) is 2.01. The average Bonchev–Trinajstić information content (AvgIpc) is 2.57. The minimum Gasteiger partial charge on any atom is -0.375 e. The third-order valence-corrected chi connectivity index (χ3v) is 3.24. The van der Waals surface area contributed by atoms with Gasteiger partial charge in [-0.1, -0.05) is 6.92 Å². The molecular weight excluding hydrogens is 204 g/mol. The number of likely N-dealkylation sites (tertiary alicyclic amines) is 1. The average molecular weight is 219 g/mol. The minimum atomic E-state index is -2.78. The summed E-state index contributed by atoms with van der Waals surface area (Å²) in [5.74, 6) is -5.08. The number of ether oxygens (including phenoxy) is 1. The summed E-state index contributed by atoms with van der Waals surface area (Å²) >= 11 is 0. The predicted octanol–water partition coefficient (Wildman–Crippen LogP) is 1.13. The van der Waals surface area contributed by atoms with Gasteiger partial charge >= 0.3 is 0 Å². The van der Waals surface area contributed by atoms with Gasteiger partial charge < -0.3 is 9.64 Å². The highest BCUT2D eigenvalue weighted by Crippen LogP contribution is 2.55. The lowest BCUT2D eigenvalue weighted by Gasteiger charge is -2.38. The van der Waals surface area contributed by atoms with Crippen LogP contribution in [0.5, 0.6) is 0 Å². The van der Waals surface area contributed by atoms with Crippen molar-refractivity contribution in [3.05, 3.63) is 0 Å². The number of hydrogen-bond acceptors (Lipinski definition) is 2. The first-order chi connectivity index (χ1) is 6.98. The highest BCUT2D eigenvalue weighted by atomic mass is 19.3. The van der Waals surface area contributed by atoms with Gasteiger partial charge in [-0.15, -0.1) is 0 Å².